The smallest absolute Gasteiger partial charge is 0.252 e. The van der Waals surface area contributed by atoms with Gasteiger partial charge in [0.1, 0.15) is 5.82 Å². The van der Waals surface area contributed by atoms with Crippen LogP contribution in [0.25, 0.3) is 10.9 Å². The minimum atomic E-state index is -0.773. The van der Waals surface area contributed by atoms with Crippen LogP contribution < -0.4 is 22.1 Å². The van der Waals surface area contributed by atoms with E-state index < -0.39 is 11.7 Å². The molecule has 1 unspecified atom stereocenters. The highest BCUT2D eigenvalue weighted by molar-refractivity contribution is 6.00. The molecule has 0 radical (unpaired) electrons. The van der Waals surface area contributed by atoms with E-state index in [9.17, 15) is 9.18 Å². The molecular formula is C20H26FN7O. The first-order valence-corrected chi connectivity index (χ1v) is 9.59. The van der Waals surface area contributed by atoms with Gasteiger partial charge < -0.3 is 22.1 Å². The highest BCUT2D eigenvalue weighted by atomic mass is 19.1. The molecule has 2 aromatic heterocycles. The molecule has 3 rings (SSSR count). The van der Waals surface area contributed by atoms with Crippen molar-refractivity contribution in [1.29, 1.82) is 0 Å². The number of unbranched alkanes of at least 4 members (excludes halogenated alkanes) is 1. The van der Waals surface area contributed by atoms with Gasteiger partial charge in [-0.05, 0) is 24.6 Å². The van der Waals surface area contributed by atoms with Gasteiger partial charge in [0.2, 0.25) is 0 Å². The van der Waals surface area contributed by atoms with Gasteiger partial charge in [0.15, 0.2) is 11.6 Å². The maximum absolute atomic E-state index is 14.6. The molecule has 0 bridgehead atoms. The second-order valence-corrected chi connectivity index (χ2v) is 6.93. The largest absolute Gasteiger partial charge is 0.365 e. The van der Waals surface area contributed by atoms with Gasteiger partial charge in [-0.15, -0.1) is 0 Å². The zero-order valence-electron chi connectivity index (χ0n) is 16.6. The van der Waals surface area contributed by atoms with Crippen molar-refractivity contribution in [2.24, 2.45) is 18.5 Å². The van der Waals surface area contributed by atoms with Crippen molar-refractivity contribution < 1.29 is 9.18 Å². The van der Waals surface area contributed by atoms with Crippen LogP contribution in [-0.2, 0) is 7.05 Å². The minimum Gasteiger partial charge on any atom is -0.365 e. The summed E-state index contributed by atoms with van der Waals surface area (Å²) >= 11 is 0. The molecule has 6 N–H and O–H groups in total. The summed E-state index contributed by atoms with van der Waals surface area (Å²) in [5, 5.41) is 11.2. The Labute approximate surface area is 168 Å². The second kappa shape index (κ2) is 8.87. The van der Waals surface area contributed by atoms with E-state index in [0.29, 0.717) is 12.2 Å². The number of carbonyl (C=O) groups is 1. The van der Waals surface area contributed by atoms with Gasteiger partial charge >= 0.3 is 0 Å². The molecule has 0 fully saturated rings. The number of primary amides is 1. The first-order chi connectivity index (χ1) is 13.9. The van der Waals surface area contributed by atoms with Gasteiger partial charge in [-0.1, -0.05) is 25.8 Å². The number of hydrogen-bond acceptors (Lipinski definition) is 6. The number of fused-ring (bicyclic) bond motifs is 1. The molecule has 1 aromatic carbocycles. The summed E-state index contributed by atoms with van der Waals surface area (Å²) in [6, 6.07) is 6.58. The molecule has 154 valence electrons. The minimum absolute atomic E-state index is 0.0300. The molecule has 9 heteroatoms. The van der Waals surface area contributed by atoms with E-state index >= 15 is 0 Å². The number of rotatable bonds is 9. The lowest BCUT2D eigenvalue weighted by atomic mass is 10.1. The molecule has 0 saturated heterocycles. The Hall–Kier alpha value is -3.20. The first-order valence-electron chi connectivity index (χ1n) is 9.59. The van der Waals surface area contributed by atoms with Crippen LogP contribution in [-0.4, -0.2) is 33.3 Å². The first kappa shape index (κ1) is 20.5. The number of anilines is 3. The zero-order chi connectivity index (χ0) is 21.0. The Morgan fingerprint density at radius 1 is 1.34 bits per heavy atom. The third-order valence-electron chi connectivity index (χ3n) is 4.82. The molecule has 29 heavy (non-hydrogen) atoms. The number of nitrogens with one attached hydrogen (secondary N) is 2. The topological polar surface area (TPSA) is 124 Å². The summed E-state index contributed by atoms with van der Waals surface area (Å²) in [6.45, 7) is 2.42. The van der Waals surface area contributed by atoms with Gasteiger partial charge in [-0.3, -0.25) is 9.48 Å². The highest BCUT2D eigenvalue weighted by Gasteiger charge is 2.19. The number of aryl methyl sites for hydroxylation is 1. The van der Waals surface area contributed by atoms with E-state index in [1.165, 1.54) is 0 Å². The maximum Gasteiger partial charge on any atom is 0.252 e. The molecule has 0 spiro atoms. The normalized spacial score (nSPS) is 12.1. The van der Waals surface area contributed by atoms with Crippen molar-refractivity contribution in [3.63, 3.8) is 0 Å². The van der Waals surface area contributed by atoms with Gasteiger partial charge in [0.25, 0.3) is 5.91 Å². The van der Waals surface area contributed by atoms with Crippen LogP contribution in [0.4, 0.5) is 21.7 Å². The molecule has 2 heterocycles. The van der Waals surface area contributed by atoms with Crippen molar-refractivity contribution in [3.05, 3.63) is 41.8 Å². The average Bonchev–Trinajstić information content (AvgIpc) is 3.09. The average molecular weight is 399 g/mol. The van der Waals surface area contributed by atoms with Crippen molar-refractivity contribution in [3.8, 4) is 0 Å². The SMILES string of the molecule is CCCCC(CN)Nc1nc(Nc2cccc3c2cnn3C)c(C(N)=O)cc1F. The molecule has 8 nitrogen and oxygen atoms in total. The van der Waals surface area contributed by atoms with Gasteiger partial charge in [0, 0.05) is 25.0 Å². The van der Waals surface area contributed by atoms with E-state index in [2.05, 4.69) is 27.6 Å². The van der Waals surface area contributed by atoms with Crippen molar-refractivity contribution in [2.75, 3.05) is 17.2 Å². The number of pyridine rings is 1. The molecular weight excluding hydrogens is 373 g/mol. The van der Waals surface area contributed by atoms with E-state index in [-0.39, 0.29) is 23.2 Å². The monoisotopic (exact) mass is 399 g/mol. The van der Waals surface area contributed by atoms with Crippen molar-refractivity contribution >= 4 is 34.1 Å². The van der Waals surface area contributed by atoms with Crippen LogP contribution >= 0.6 is 0 Å². The number of benzene rings is 1. The fourth-order valence-electron chi connectivity index (χ4n) is 3.18. The number of nitrogens with zero attached hydrogens (tertiary/aromatic N) is 3. The molecule has 0 aliphatic heterocycles. The summed E-state index contributed by atoms with van der Waals surface area (Å²) in [7, 11) is 1.84. The number of aromatic nitrogens is 3. The Bertz CT molecular complexity index is 1020. The van der Waals surface area contributed by atoms with Gasteiger partial charge in [0.05, 0.1) is 23.0 Å². The standard InChI is InChI=1S/C20H26FN7O/c1-3-4-6-12(10-22)25-20-15(21)9-13(18(23)29)19(27-20)26-16-7-5-8-17-14(16)11-24-28(17)2/h5,7-9,11-12H,3-4,6,10,22H2,1-2H3,(H2,23,29)(H2,25,26,27). The van der Waals surface area contributed by atoms with Crippen LogP contribution in [0.5, 0.6) is 0 Å². The number of hydrogen-bond donors (Lipinski definition) is 4. The molecule has 1 amide bonds. The summed E-state index contributed by atoms with van der Waals surface area (Å²) in [6.07, 6.45) is 4.48. The van der Waals surface area contributed by atoms with E-state index in [1.807, 2.05) is 25.2 Å². The van der Waals surface area contributed by atoms with Crippen molar-refractivity contribution in [1.82, 2.24) is 14.8 Å². The fourth-order valence-corrected chi connectivity index (χ4v) is 3.18. The van der Waals surface area contributed by atoms with Gasteiger partial charge in [-0.25, -0.2) is 9.37 Å². The maximum atomic E-state index is 14.6. The third kappa shape index (κ3) is 4.45. The fraction of sp³-hybridized carbons (Fsp3) is 0.350. The molecule has 0 aliphatic rings. The number of amides is 1. The van der Waals surface area contributed by atoms with Gasteiger partial charge in [-0.2, -0.15) is 5.10 Å². The molecule has 1 atom stereocenters. The predicted molar refractivity (Wildman–Crippen MR) is 113 cm³/mol. The molecule has 0 saturated carbocycles. The summed E-state index contributed by atoms with van der Waals surface area (Å²) in [4.78, 5) is 16.2. The molecule has 3 aromatic rings. The summed E-state index contributed by atoms with van der Waals surface area (Å²) < 4.78 is 16.3. The van der Waals surface area contributed by atoms with Crippen LogP contribution in [0, 0.1) is 5.82 Å². The lowest BCUT2D eigenvalue weighted by Crippen LogP contribution is -2.30. The Balaban J connectivity index is 1.98. The second-order valence-electron chi connectivity index (χ2n) is 6.93. The molecule has 0 aliphatic carbocycles. The lowest BCUT2D eigenvalue weighted by molar-refractivity contribution is 0.100. The Kier molecular flexibility index (Phi) is 6.28. The zero-order valence-corrected chi connectivity index (χ0v) is 16.6. The predicted octanol–water partition coefficient (Wildman–Crippen LogP) is 2.88. The number of halogens is 1. The van der Waals surface area contributed by atoms with Crippen LogP contribution in [0.1, 0.15) is 36.5 Å². The third-order valence-corrected chi connectivity index (χ3v) is 4.82. The van der Waals surface area contributed by atoms with E-state index in [4.69, 9.17) is 11.5 Å². The van der Waals surface area contributed by atoms with E-state index in [0.717, 1.165) is 36.2 Å². The van der Waals surface area contributed by atoms with Crippen LogP contribution in [0.2, 0.25) is 0 Å². The van der Waals surface area contributed by atoms with Crippen molar-refractivity contribution in [2.45, 2.75) is 32.2 Å². The quantitative estimate of drug-likeness (QED) is 0.439. The van der Waals surface area contributed by atoms with E-state index in [1.54, 1.807) is 10.9 Å². The summed E-state index contributed by atoms with van der Waals surface area (Å²) in [5.74, 6) is -1.23. The van der Waals surface area contributed by atoms with Crippen LogP contribution in [0.15, 0.2) is 30.5 Å². The summed E-state index contributed by atoms with van der Waals surface area (Å²) in [5.41, 5.74) is 12.8. The highest BCUT2D eigenvalue weighted by Crippen LogP contribution is 2.29. The Morgan fingerprint density at radius 3 is 2.83 bits per heavy atom. The Morgan fingerprint density at radius 2 is 2.14 bits per heavy atom. The lowest BCUT2D eigenvalue weighted by Gasteiger charge is -2.19. The number of carbonyl (C=O) groups excluding carboxylic acids is 1. The number of nitrogens with two attached hydrogens (primary N) is 2. The van der Waals surface area contributed by atoms with Crippen LogP contribution in [0.3, 0.4) is 0 Å².